The van der Waals surface area contributed by atoms with Gasteiger partial charge in [0.15, 0.2) is 0 Å². The first-order valence-corrected chi connectivity index (χ1v) is 8.87. The quantitative estimate of drug-likeness (QED) is 0.733. The second-order valence-corrected chi connectivity index (χ2v) is 6.53. The van der Waals surface area contributed by atoms with Crippen molar-refractivity contribution >= 4 is 16.8 Å². The number of ether oxygens (including phenoxy) is 1. The second-order valence-electron chi connectivity index (χ2n) is 6.53. The Morgan fingerprint density at radius 3 is 2.75 bits per heavy atom. The van der Waals surface area contributed by atoms with E-state index in [1.54, 1.807) is 34.9 Å². The van der Waals surface area contributed by atoms with Gasteiger partial charge in [-0.1, -0.05) is 12.1 Å². The molecule has 2 heterocycles. The van der Waals surface area contributed by atoms with Crippen molar-refractivity contribution in [2.24, 2.45) is 0 Å². The molecule has 6 nitrogen and oxygen atoms in total. The molecular weight excluding hydrogens is 368 g/mol. The third kappa shape index (κ3) is 3.58. The lowest BCUT2D eigenvalue weighted by molar-refractivity contribution is -0.0498. The summed E-state index contributed by atoms with van der Waals surface area (Å²) in [7, 11) is 0. The van der Waals surface area contributed by atoms with Crippen LogP contribution in [0.4, 0.5) is 8.78 Å². The standard InChI is InChI=1S/C20H17F2N3O3/c21-20(22)28-14-6-3-12(4-7-14)11-23-18(26)13-5-8-15-16(10-13)24-17-2-1-9-25(17)19(15)27/h3-8,10,20H,1-2,9,11H2,(H,23,26). The third-order valence-electron chi connectivity index (χ3n) is 4.68. The van der Waals surface area contributed by atoms with E-state index >= 15 is 0 Å². The van der Waals surface area contributed by atoms with E-state index in [0.29, 0.717) is 23.0 Å². The van der Waals surface area contributed by atoms with Crippen molar-refractivity contribution in [1.29, 1.82) is 0 Å². The Hall–Kier alpha value is -3.29. The summed E-state index contributed by atoms with van der Waals surface area (Å²) in [5.74, 6) is 0.503. The fourth-order valence-corrected chi connectivity index (χ4v) is 3.30. The van der Waals surface area contributed by atoms with Crippen molar-refractivity contribution in [2.45, 2.75) is 32.5 Å². The molecule has 0 saturated heterocycles. The number of carbonyl (C=O) groups excluding carboxylic acids is 1. The molecule has 28 heavy (non-hydrogen) atoms. The molecule has 0 radical (unpaired) electrons. The van der Waals surface area contributed by atoms with Crippen LogP contribution in [0.25, 0.3) is 10.9 Å². The molecule has 1 N–H and O–H groups in total. The first kappa shape index (κ1) is 18.1. The number of hydrogen-bond donors (Lipinski definition) is 1. The smallest absolute Gasteiger partial charge is 0.387 e. The summed E-state index contributed by atoms with van der Waals surface area (Å²) < 4.78 is 30.3. The van der Waals surface area contributed by atoms with Crippen LogP contribution in [0.2, 0.25) is 0 Å². The van der Waals surface area contributed by atoms with Gasteiger partial charge in [0.05, 0.1) is 10.9 Å². The fraction of sp³-hybridized carbons (Fsp3) is 0.250. The van der Waals surface area contributed by atoms with Crippen LogP contribution in [-0.2, 0) is 19.5 Å². The highest BCUT2D eigenvalue weighted by molar-refractivity contribution is 5.97. The van der Waals surface area contributed by atoms with E-state index in [4.69, 9.17) is 0 Å². The molecular formula is C20H17F2N3O3. The molecule has 0 fully saturated rings. The Kier molecular flexibility index (Phi) is 4.77. The highest BCUT2D eigenvalue weighted by atomic mass is 19.3. The average molecular weight is 385 g/mol. The van der Waals surface area contributed by atoms with E-state index in [1.807, 2.05) is 0 Å². The summed E-state index contributed by atoms with van der Waals surface area (Å²) in [4.78, 5) is 29.4. The number of nitrogens with one attached hydrogen (secondary N) is 1. The number of amides is 1. The van der Waals surface area contributed by atoms with Gasteiger partial charge in [0, 0.05) is 25.1 Å². The van der Waals surface area contributed by atoms with Crippen molar-refractivity contribution in [1.82, 2.24) is 14.9 Å². The summed E-state index contributed by atoms with van der Waals surface area (Å²) >= 11 is 0. The van der Waals surface area contributed by atoms with Gasteiger partial charge in [-0.2, -0.15) is 8.78 Å². The molecule has 0 spiro atoms. The van der Waals surface area contributed by atoms with Gasteiger partial charge in [-0.05, 0) is 42.3 Å². The minimum Gasteiger partial charge on any atom is -0.435 e. The van der Waals surface area contributed by atoms with E-state index in [9.17, 15) is 18.4 Å². The Bertz CT molecular complexity index is 1090. The van der Waals surface area contributed by atoms with Crippen LogP contribution in [0.15, 0.2) is 47.3 Å². The van der Waals surface area contributed by atoms with Crippen molar-refractivity contribution in [3.63, 3.8) is 0 Å². The van der Waals surface area contributed by atoms with Crippen molar-refractivity contribution in [3.05, 3.63) is 69.8 Å². The van der Waals surface area contributed by atoms with E-state index in [-0.39, 0.29) is 23.8 Å². The number of benzene rings is 2. The molecule has 0 atom stereocenters. The molecule has 0 unspecified atom stereocenters. The molecule has 144 valence electrons. The van der Waals surface area contributed by atoms with Gasteiger partial charge < -0.3 is 10.1 Å². The summed E-state index contributed by atoms with van der Waals surface area (Å²) in [6.45, 7) is -1.96. The predicted molar refractivity (Wildman–Crippen MR) is 98.6 cm³/mol. The zero-order valence-electron chi connectivity index (χ0n) is 14.8. The molecule has 1 amide bonds. The molecule has 1 aromatic heterocycles. The SMILES string of the molecule is O=C(NCc1ccc(OC(F)F)cc1)c1ccc2c(=O)n3c(nc2c1)CCC3. The number of rotatable bonds is 5. The first-order valence-electron chi connectivity index (χ1n) is 8.87. The van der Waals surface area contributed by atoms with Crippen LogP contribution in [0.5, 0.6) is 5.75 Å². The molecule has 3 aromatic rings. The van der Waals surface area contributed by atoms with Gasteiger partial charge in [-0.15, -0.1) is 0 Å². The molecule has 4 rings (SSSR count). The maximum absolute atomic E-state index is 12.5. The zero-order valence-corrected chi connectivity index (χ0v) is 14.8. The second kappa shape index (κ2) is 7.38. The number of carbonyl (C=O) groups is 1. The van der Waals surface area contributed by atoms with Crippen molar-refractivity contribution in [3.8, 4) is 5.75 Å². The van der Waals surface area contributed by atoms with Crippen LogP contribution in [0.3, 0.4) is 0 Å². The Balaban J connectivity index is 1.48. The maximum atomic E-state index is 12.5. The largest absolute Gasteiger partial charge is 0.435 e. The van der Waals surface area contributed by atoms with Crippen molar-refractivity contribution in [2.75, 3.05) is 0 Å². The lowest BCUT2D eigenvalue weighted by Gasteiger charge is -2.09. The normalized spacial score (nSPS) is 13.0. The average Bonchev–Trinajstić information content (AvgIpc) is 3.15. The molecule has 1 aliphatic heterocycles. The predicted octanol–water partition coefficient (Wildman–Crippen LogP) is 2.87. The maximum Gasteiger partial charge on any atom is 0.387 e. The monoisotopic (exact) mass is 385 g/mol. The Morgan fingerprint density at radius 2 is 2.00 bits per heavy atom. The van der Waals surface area contributed by atoms with Crippen LogP contribution in [0, 0.1) is 0 Å². The summed E-state index contributed by atoms with van der Waals surface area (Å²) in [5.41, 5.74) is 1.58. The van der Waals surface area contributed by atoms with Crippen molar-refractivity contribution < 1.29 is 18.3 Å². The minimum absolute atomic E-state index is 0.0597. The number of hydrogen-bond acceptors (Lipinski definition) is 4. The molecule has 2 aromatic carbocycles. The fourth-order valence-electron chi connectivity index (χ4n) is 3.30. The molecule has 0 saturated carbocycles. The van der Waals surface area contributed by atoms with Gasteiger partial charge in [0.2, 0.25) is 0 Å². The molecule has 1 aliphatic rings. The van der Waals surface area contributed by atoms with Gasteiger partial charge in [-0.3, -0.25) is 14.2 Å². The Labute approximate surface area is 158 Å². The van der Waals surface area contributed by atoms with Gasteiger partial charge in [-0.25, -0.2) is 4.98 Å². The lowest BCUT2D eigenvalue weighted by Crippen LogP contribution is -2.24. The van der Waals surface area contributed by atoms with Gasteiger partial charge >= 0.3 is 6.61 Å². The minimum atomic E-state index is -2.87. The number of fused-ring (bicyclic) bond motifs is 2. The number of halogens is 2. The Morgan fingerprint density at radius 1 is 1.21 bits per heavy atom. The van der Waals surface area contributed by atoms with E-state index in [1.165, 1.54) is 12.1 Å². The van der Waals surface area contributed by atoms with Gasteiger partial charge in [0.25, 0.3) is 11.5 Å². The van der Waals surface area contributed by atoms with Crippen LogP contribution >= 0.6 is 0 Å². The highest BCUT2D eigenvalue weighted by Gasteiger charge is 2.17. The van der Waals surface area contributed by atoms with Crippen LogP contribution in [0.1, 0.15) is 28.2 Å². The highest BCUT2D eigenvalue weighted by Crippen LogP contribution is 2.17. The number of alkyl halides is 2. The summed E-state index contributed by atoms with van der Waals surface area (Å²) in [6.07, 6.45) is 1.65. The van der Waals surface area contributed by atoms with E-state index in [2.05, 4.69) is 15.0 Å². The summed E-state index contributed by atoms with van der Waals surface area (Å²) in [6, 6.07) is 10.9. The van der Waals surface area contributed by atoms with Crippen LogP contribution in [-0.4, -0.2) is 22.1 Å². The molecule has 0 bridgehead atoms. The first-order chi connectivity index (χ1) is 13.5. The number of nitrogens with zero attached hydrogens (tertiary/aromatic N) is 2. The zero-order chi connectivity index (χ0) is 19.7. The van der Waals surface area contributed by atoms with E-state index in [0.717, 1.165) is 24.2 Å². The third-order valence-corrected chi connectivity index (χ3v) is 4.68. The van der Waals surface area contributed by atoms with Gasteiger partial charge in [0.1, 0.15) is 11.6 Å². The number of aromatic nitrogens is 2. The van der Waals surface area contributed by atoms with E-state index < -0.39 is 6.61 Å². The molecule has 8 heteroatoms. The summed E-state index contributed by atoms with van der Waals surface area (Å²) in [5, 5.41) is 3.27. The topological polar surface area (TPSA) is 73.2 Å². The van der Waals surface area contributed by atoms with Crippen LogP contribution < -0.4 is 15.6 Å². The number of aryl methyl sites for hydroxylation is 1. The lowest BCUT2D eigenvalue weighted by atomic mass is 10.1. The molecule has 0 aliphatic carbocycles.